The standard InChI is InChI=1S/C19H18F3N3/c20-19(21,22)25-17(13-18(23-25)24-11-4-1-5-12-24)16-10-6-8-14-7-2-3-9-15(14)16/h2-3,6-10,13H,1,4-5,11-12H2. The number of rotatable bonds is 2. The van der Waals surface area contributed by atoms with Gasteiger partial charge in [0.25, 0.3) is 0 Å². The van der Waals surface area contributed by atoms with Gasteiger partial charge in [-0.05, 0) is 30.0 Å². The molecule has 0 N–H and O–H groups in total. The van der Waals surface area contributed by atoms with Crippen molar-refractivity contribution in [1.29, 1.82) is 0 Å². The molecule has 1 fully saturated rings. The summed E-state index contributed by atoms with van der Waals surface area (Å²) < 4.78 is 41.0. The van der Waals surface area contributed by atoms with Crippen LogP contribution >= 0.6 is 0 Å². The van der Waals surface area contributed by atoms with Crippen LogP contribution in [0.5, 0.6) is 0 Å². The lowest BCUT2D eigenvalue weighted by molar-refractivity contribution is -0.210. The average Bonchev–Trinajstić information content (AvgIpc) is 3.08. The predicted molar refractivity (Wildman–Crippen MR) is 92.5 cm³/mol. The van der Waals surface area contributed by atoms with Gasteiger partial charge in [-0.1, -0.05) is 42.5 Å². The van der Waals surface area contributed by atoms with Gasteiger partial charge in [-0.3, -0.25) is 0 Å². The number of fused-ring (bicyclic) bond motifs is 1. The molecule has 1 aliphatic heterocycles. The Balaban J connectivity index is 1.89. The smallest absolute Gasteiger partial charge is 0.355 e. The van der Waals surface area contributed by atoms with E-state index < -0.39 is 6.30 Å². The minimum absolute atomic E-state index is 0.0878. The first-order valence-electron chi connectivity index (χ1n) is 8.44. The number of anilines is 1. The van der Waals surface area contributed by atoms with E-state index in [1.165, 1.54) is 0 Å². The summed E-state index contributed by atoms with van der Waals surface area (Å²) in [5.74, 6) is 0.403. The fourth-order valence-electron chi connectivity index (χ4n) is 3.48. The van der Waals surface area contributed by atoms with Crippen molar-refractivity contribution in [2.75, 3.05) is 18.0 Å². The average molecular weight is 345 g/mol. The molecule has 4 rings (SSSR count). The summed E-state index contributed by atoms with van der Waals surface area (Å²) in [6, 6.07) is 14.4. The highest BCUT2D eigenvalue weighted by atomic mass is 19.4. The number of nitrogens with zero attached hydrogens (tertiary/aromatic N) is 3. The second kappa shape index (κ2) is 6.10. The van der Waals surface area contributed by atoms with Crippen LogP contribution in [0.1, 0.15) is 19.3 Å². The lowest BCUT2D eigenvalue weighted by Gasteiger charge is -2.26. The number of halogens is 3. The molecule has 0 spiro atoms. The van der Waals surface area contributed by atoms with E-state index in [4.69, 9.17) is 0 Å². The van der Waals surface area contributed by atoms with Gasteiger partial charge < -0.3 is 4.90 Å². The second-order valence-electron chi connectivity index (χ2n) is 6.34. The number of hydrogen-bond acceptors (Lipinski definition) is 2. The van der Waals surface area contributed by atoms with Gasteiger partial charge in [0.05, 0.1) is 5.69 Å². The van der Waals surface area contributed by atoms with Crippen molar-refractivity contribution < 1.29 is 13.2 Å². The molecule has 0 atom stereocenters. The highest BCUT2D eigenvalue weighted by Crippen LogP contribution is 2.36. The van der Waals surface area contributed by atoms with Gasteiger partial charge in [-0.2, -0.15) is 4.68 Å². The van der Waals surface area contributed by atoms with Crippen LogP contribution in [-0.2, 0) is 6.30 Å². The van der Waals surface area contributed by atoms with E-state index in [1.807, 2.05) is 35.2 Å². The molecular weight excluding hydrogens is 327 g/mol. The first-order chi connectivity index (χ1) is 12.0. The van der Waals surface area contributed by atoms with E-state index in [2.05, 4.69) is 5.10 Å². The van der Waals surface area contributed by atoms with E-state index in [0.29, 0.717) is 11.4 Å². The van der Waals surface area contributed by atoms with Gasteiger partial charge in [0.2, 0.25) is 0 Å². The van der Waals surface area contributed by atoms with Crippen LogP contribution in [0.4, 0.5) is 19.0 Å². The fraction of sp³-hybridized carbons (Fsp3) is 0.316. The number of aromatic nitrogens is 2. The molecule has 0 radical (unpaired) electrons. The van der Waals surface area contributed by atoms with Crippen LogP contribution in [0.2, 0.25) is 0 Å². The Morgan fingerprint density at radius 3 is 2.36 bits per heavy atom. The van der Waals surface area contributed by atoms with E-state index in [-0.39, 0.29) is 10.4 Å². The van der Waals surface area contributed by atoms with Crippen LogP contribution in [0.15, 0.2) is 48.5 Å². The Hall–Kier alpha value is -2.50. The summed E-state index contributed by atoms with van der Waals surface area (Å²) in [5.41, 5.74) is 0.635. The van der Waals surface area contributed by atoms with Crippen molar-refractivity contribution in [2.24, 2.45) is 0 Å². The van der Waals surface area contributed by atoms with Crippen LogP contribution in [0.25, 0.3) is 22.0 Å². The zero-order valence-electron chi connectivity index (χ0n) is 13.6. The molecule has 1 aliphatic rings. The van der Waals surface area contributed by atoms with E-state index in [9.17, 15) is 13.2 Å². The monoisotopic (exact) mass is 345 g/mol. The van der Waals surface area contributed by atoms with E-state index >= 15 is 0 Å². The number of hydrogen-bond donors (Lipinski definition) is 0. The highest BCUT2D eigenvalue weighted by molar-refractivity contribution is 5.96. The van der Waals surface area contributed by atoms with Gasteiger partial charge in [0.15, 0.2) is 5.82 Å². The molecule has 3 aromatic rings. The topological polar surface area (TPSA) is 21.1 Å². The quantitative estimate of drug-likeness (QED) is 0.639. The third kappa shape index (κ3) is 2.97. The molecule has 0 saturated carbocycles. The molecule has 2 aromatic carbocycles. The van der Waals surface area contributed by atoms with Gasteiger partial charge in [-0.15, -0.1) is 18.3 Å². The molecule has 0 bridgehead atoms. The fourth-order valence-corrected chi connectivity index (χ4v) is 3.48. The van der Waals surface area contributed by atoms with Gasteiger partial charge >= 0.3 is 6.30 Å². The third-order valence-corrected chi connectivity index (χ3v) is 4.68. The minimum atomic E-state index is -4.56. The maximum Gasteiger partial charge on any atom is 0.505 e. The van der Waals surface area contributed by atoms with Crippen LogP contribution in [0, 0.1) is 0 Å². The Bertz CT molecular complexity index is 887. The lowest BCUT2D eigenvalue weighted by Crippen LogP contribution is -2.30. The van der Waals surface area contributed by atoms with Crippen molar-refractivity contribution >= 4 is 16.6 Å². The summed E-state index contributed by atoms with van der Waals surface area (Å²) in [6.45, 7) is 1.51. The summed E-state index contributed by atoms with van der Waals surface area (Å²) in [6.07, 6.45) is -1.46. The van der Waals surface area contributed by atoms with Crippen molar-refractivity contribution in [3.8, 4) is 11.3 Å². The molecule has 1 aromatic heterocycles. The normalized spacial score (nSPS) is 15.7. The third-order valence-electron chi connectivity index (χ3n) is 4.68. The maximum atomic E-state index is 13.6. The second-order valence-corrected chi connectivity index (χ2v) is 6.34. The van der Waals surface area contributed by atoms with Gasteiger partial charge in [0, 0.05) is 24.7 Å². The molecule has 2 heterocycles. The molecule has 0 unspecified atom stereocenters. The number of alkyl halides is 3. The van der Waals surface area contributed by atoms with Gasteiger partial charge in [-0.25, -0.2) is 0 Å². The Labute approximate surface area is 143 Å². The highest BCUT2D eigenvalue weighted by Gasteiger charge is 2.36. The maximum absolute atomic E-state index is 13.6. The van der Waals surface area contributed by atoms with E-state index in [1.54, 1.807) is 18.2 Å². The Morgan fingerprint density at radius 1 is 0.880 bits per heavy atom. The largest absolute Gasteiger partial charge is 0.505 e. The van der Waals surface area contributed by atoms with Gasteiger partial charge in [0.1, 0.15) is 0 Å². The van der Waals surface area contributed by atoms with Crippen LogP contribution in [0.3, 0.4) is 0 Å². The van der Waals surface area contributed by atoms with Crippen LogP contribution < -0.4 is 4.90 Å². The van der Waals surface area contributed by atoms with Crippen molar-refractivity contribution in [3.63, 3.8) is 0 Å². The predicted octanol–water partition coefficient (Wildman–Crippen LogP) is 5.17. The summed E-state index contributed by atoms with van der Waals surface area (Å²) in [7, 11) is 0. The summed E-state index contributed by atoms with van der Waals surface area (Å²) in [5, 5.41) is 5.61. The number of benzene rings is 2. The molecular formula is C19H18F3N3. The first kappa shape index (κ1) is 16.0. The molecule has 3 nitrogen and oxygen atoms in total. The van der Waals surface area contributed by atoms with Crippen molar-refractivity contribution in [3.05, 3.63) is 48.5 Å². The zero-order chi connectivity index (χ0) is 17.4. The van der Waals surface area contributed by atoms with Crippen molar-refractivity contribution in [1.82, 2.24) is 9.78 Å². The molecule has 25 heavy (non-hydrogen) atoms. The van der Waals surface area contributed by atoms with E-state index in [0.717, 1.165) is 43.1 Å². The Morgan fingerprint density at radius 2 is 1.60 bits per heavy atom. The SMILES string of the molecule is FC(F)(F)n1nc(N2CCCCC2)cc1-c1cccc2ccccc12. The van der Waals surface area contributed by atoms with Crippen LogP contribution in [-0.4, -0.2) is 22.9 Å². The minimum Gasteiger partial charge on any atom is -0.355 e. The molecule has 130 valence electrons. The summed E-state index contributed by atoms with van der Waals surface area (Å²) in [4.78, 5) is 1.94. The summed E-state index contributed by atoms with van der Waals surface area (Å²) >= 11 is 0. The zero-order valence-corrected chi connectivity index (χ0v) is 13.6. The molecule has 0 amide bonds. The first-order valence-corrected chi connectivity index (χ1v) is 8.44. The Kier molecular flexibility index (Phi) is 3.90. The lowest BCUT2D eigenvalue weighted by atomic mass is 10.0. The molecule has 1 saturated heterocycles. The molecule has 0 aliphatic carbocycles. The number of piperidine rings is 1. The molecule has 6 heteroatoms. The van der Waals surface area contributed by atoms with Crippen molar-refractivity contribution in [2.45, 2.75) is 25.6 Å².